The largest absolute Gasteiger partial charge is 0.481 e. The van der Waals surface area contributed by atoms with Crippen LogP contribution in [-0.4, -0.2) is 28.7 Å². The zero-order valence-electron chi connectivity index (χ0n) is 11.3. The maximum Gasteiger partial charge on any atom is 0.303 e. The van der Waals surface area contributed by atoms with Gasteiger partial charge in [0.2, 0.25) is 0 Å². The third-order valence-corrected chi connectivity index (χ3v) is 3.09. The average molecular weight is 266 g/mol. The van der Waals surface area contributed by atoms with Crippen molar-refractivity contribution >= 4 is 5.97 Å². The minimum atomic E-state index is -0.733. The summed E-state index contributed by atoms with van der Waals surface area (Å²) in [7, 11) is 0. The van der Waals surface area contributed by atoms with Crippen molar-refractivity contribution in [2.75, 3.05) is 13.1 Å². The smallest absolute Gasteiger partial charge is 0.303 e. The van der Waals surface area contributed by atoms with E-state index in [0.29, 0.717) is 12.5 Å². The molecule has 1 aromatic heterocycles. The van der Waals surface area contributed by atoms with Crippen LogP contribution >= 0.6 is 0 Å². The summed E-state index contributed by atoms with van der Waals surface area (Å²) < 4.78 is 1.67. The highest BCUT2D eigenvalue weighted by Gasteiger charge is 2.04. The SMILES string of the molecule is CC(CCNCCn1ccccc1=O)CCC(=O)O. The second kappa shape index (κ2) is 8.48. The highest BCUT2D eigenvalue weighted by Crippen LogP contribution is 2.08. The first kappa shape index (κ1) is 15.4. The van der Waals surface area contributed by atoms with Crippen molar-refractivity contribution in [2.24, 2.45) is 5.92 Å². The highest BCUT2D eigenvalue weighted by atomic mass is 16.4. The van der Waals surface area contributed by atoms with Gasteiger partial charge in [0.1, 0.15) is 0 Å². The molecule has 0 saturated heterocycles. The molecule has 1 atom stereocenters. The molecule has 0 fully saturated rings. The number of carboxylic acid groups (broad SMARTS) is 1. The van der Waals surface area contributed by atoms with Crippen molar-refractivity contribution in [3.8, 4) is 0 Å². The Balaban J connectivity index is 2.10. The van der Waals surface area contributed by atoms with Crippen LogP contribution < -0.4 is 10.9 Å². The Morgan fingerprint density at radius 2 is 2.16 bits per heavy atom. The molecule has 0 amide bonds. The van der Waals surface area contributed by atoms with Crippen molar-refractivity contribution < 1.29 is 9.90 Å². The number of carboxylic acids is 1. The van der Waals surface area contributed by atoms with Crippen molar-refractivity contribution in [3.63, 3.8) is 0 Å². The summed E-state index contributed by atoms with van der Waals surface area (Å²) >= 11 is 0. The van der Waals surface area contributed by atoms with Gasteiger partial charge in [-0.25, -0.2) is 0 Å². The van der Waals surface area contributed by atoms with Gasteiger partial charge in [-0.3, -0.25) is 9.59 Å². The number of nitrogens with zero attached hydrogens (tertiary/aromatic N) is 1. The van der Waals surface area contributed by atoms with Gasteiger partial charge >= 0.3 is 5.97 Å². The number of rotatable bonds is 9. The molecule has 0 aromatic carbocycles. The Labute approximate surface area is 113 Å². The van der Waals surface area contributed by atoms with Crippen LogP contribution in [0.2, 0.25) is 0 Å². The van der Waals surface area contributed by atoms with Gasteiger partial charge in [0, 0.05) is 31.8 Å². The van der Waals surface area contributed by atoms with E-state index in [2.05, 4.69) is 12.2 Å². The molecule has 0 radical (unpaired) electrons. The summed E-state index contributed by atoms with van der Waals surface area (Å²) in [5, 5.41) is 11.8. The number of carbonyl (C=O) groups is 1. The lowest BCUT2D eigenvalue weighted by Gasteiger charge is -2.11. The summed E-state index contributed by atoms with van der Waals surface area (Å²) in [6.45, 7) is 4.31. The zero-order valence-corrected chi connectivity index (χ0v) is 11.3. The summed E-state index contributed by atoms with van der Waals surface area (Å²) in [5.41, 5.74) is 0.0131. The van der Waals surface area contributed by atoms with Crippen molar-refractivity contribution in [1.82, 2.24) is 9.88 Å². The third-order valence-electron chi connectivity index (χ3n) is 3.09. The molecule has 1 aromatic rings. The molecule has 0 aliphatic rings. The Kier molecular flexibility index (Phi) is 6.89. The molecule has 19 heavy (non-hydrogen) atoms. The fourth-order valence-corrected chi connectivity index (χ4v) is 1.83. The minimum Gasteiger partial charge on any atom is -0.481 e. The molecular weight excluding hydrogens is 244 g/mol. The van der Waals surface area contributed by atoms with Gasteiger partial charge in [0.05, 0.1) is 0 Å². The van der Waals surface area contributed by atoms with Gasteiger partial charge in [-0.1, -0.05) is 13.0 Å². The van der Waals surface area contributed by atoms with Crippen molar-refractivity contribution in [1.29, 1.82) is 0 Å². The molecule has 0 bridgehead atoms. The number of nitrogens with one attached hydrogen (secondary N) is 1. The number of hydrogen-bond donors (Lipinski definition) is 2. The predicted octanol–water partition coefficient (Wildman–Crippen LogP) is 1.33. The van der Waals surface area contributed by atoms with Crippen LogP contribution in [0.25, 0.3) is 0 Å². The lowest BCUT2D eigenvalue weighted by Crippen LogP contribution is -2.27. The normalized spacial score (nSPS) is 12.3. The molecule has 0 saturated carbocycles. The van der Waals surface area contributed by atoms with E-state index in [1.807, 2.05) is 6.07 Å². The average Bonchev–Trinajstić information content (AvgIpc) is 2.38. The molecule has 5 nitrogen and oxygen atoms in total. The van der Waals surface area contributed by atoms with E-state index in [-0.39, 0.29) is 12.0 Å². The van der Waals surface area contributed by atoms with E-state index in [0.717, 1.165) is 25.9 Å². The van der Waals surface area contributed by atoms with E-state index >= 15 is 0 Å². The first-order valence-corrected chi connectivity index (χ1v) is 6.67. The summed E-state index contributed by atoms with van der Waals surface area (Å²) in [6.07, 6.45) is 3.69. The molecule has 0 aliphatic carbocycles. The van der Waals surface area contributed by atoms with E-state index in [9.17, 15) is 9.59 Å². The van der Waals surface area contributed by atoms with Crippen molar-refractivity contribution in [3.05, 3.63) is 34.7 Å². The maximum absolute atomic E-state index is 11.4. The fourth-order valence-electron chi connectivity index (χ4n) is 1.83. The molecule has 1 rings (SSSR count). The molecule has 1 unspecified atom stereocenters. The van der Waals surface area contributed by atoms with Gasteiger partial charge in [-0.15, -0.1) is 0 Å². The quantitative estimate of drug-likeness (QED) is 0.661. The van der Waals surface area contributed by atoms with Crippen molar-refractivity contribution in [2.45, 2.75) is 32.7 Å². The standard InChI is InChI=1S/C14H22N2O3/c1-12(5-6-14(18)19)7-8-15-9-11-16-10-3-2-4-13(16)17/h2-4,10,12,15H,5-9,11H2,1H3,(H,18,19). The third kappa shape index (κ3) is 6.76. The van der Waals surface area contributed by atoms with Crippen LogP contribution in [0.4, 0.5) is 0 Å². The summed E-state index contributed by atoms with van der Waals surface area (Å²) in [6, 6.07) is 5.12. The summed E-state index contributed by atoms with van der Waals surface area (Å²) in [5.74, 6) is -0.327. The Morgan fingerprint density at radius 1 is 1.37 bits per heavy atom. The van der Waals surface area contributed by atoms with Crippen LogP contribution in [0.15, 0.2) is 29.2 Å². The topological polar surface area (TPSA) is 71.3 Å². The van der Waals surface area contributed by atoms with Gasteiger partial charge in [-0.05, 0) is 31.4 Å². The van der Waals surface area contributed by atoms with Gasteiger partial charge in [0.25, 0.3) is 5.56 Å². The molecule has 106 valence electrons. The fraction of sp³-hybridized carbons (Fsp3) is 0.571. The van der Waals surface area contributed by atoms with Gasteiger partial charge < -0.3 is 15.0 Å². The van der Waals surface area contributed by atoms with Crippen LogP contribution in [0.3, 0.4) is 0 Å². The van der Waals surface area contributed by atoms with Crippen LogP contribution in [-0.2, 0) is 11.3 Å². The second-order valence-electron chi connectivity index (χ2n) is 4.81. The summed E-state index contributed by atoms with van der Waals surface area (Å²) in [4.78, 5) is 21.8. The molecule has 2 N–H and O–H groups in total. The van der Waals surface area contributed by atoms with Crippen LogP contribution in [0, 0.1) is 5.92 Å². The lowest BCUT2D eigenvalue weighted by atomic mass is 10.0. The molecule has 0 aliphatic heterocycles. The van der Waals surface area contributed by atoms with Crippen LogP contribution in [0.1, 0.15) is 26.2 Å². The first-order chi connectivity index (χ1) is 9.09. The number of aromatic nitrogens is 1. The van der Waals surface area contributed by atoms with Gasteiger partial charge in [0.15, 0.2) is 0 Å². The Hall–Kier alpha value is -1.62. The Morgan fingerprint density at radius 3 is 2.84 bits per heavy atom. The number of hydrogen-bond acceptors (Lipinski definition) is 3. The number of pyridine rings is 1. The highest BCUT2D eigenvalue weighted by molar-refractivity contribution is 5.66. The van der Waals surface area contributed by atoms with E-state index in [4.69, 9.17) is 5.11 Å². The Bertz CT molecular complexity index is 442. The molecular formula is C14H22N2O3. The van der Waals surface area contributed by atoms with Gasteiger partial charge in [-0.2, -0.15) is 0 Å². The van der Waals surface area contributed by atoms with E-state index in [1.54, 1.807) is 22.9 Å². The molecule has 1 heterocycles. The zero-order chi connectivity index (χ0) is 14.1. The second-order valence-corrected chi connectivity index (χ2v) is 4.81. The molecule has 5 heteroatoms. The first-order valence-electron chi connectivity index (χ1n) is 6.67. The molecule has 0 spiro atoms. The lowest BCUT2D eigenvalue weighted by molar-refractivity contribution is -0.137. The minimum absolute atomic E-state index is 0.0131. The monoisotopic (exact) mass is 266 g/mol. The van der Waals surface area contributed by atoms with E-state index < -0.39 is 5.97 Å². The number of aliphatic carboxylic acids is 1. The predicted molar refractivity (Wildman–Crippen MR) is 74.2 cm³/mol. The van der Waals surface area contributed by atoms with Crippen LogP contribution in [0.5, 0.6) is 0 Å². The van der Waals surface area contributed by atoms with E-state index in [1.165, 1.54) is 0 Å². The maximum atomic E-state index is 11.4.